The molecule has 2 unspecified atom stereocenters. The van der Waals surface area contributed by atoms with E-state index in [4.69, 9.17) is 25.5 Å². The van der Waals surface area contributed by atoms with Crippen molar-refractivity contribution in [3.8, 4) is 11.5 Å². The van der Waals surface area contributed by atoms with E-state index in [1.165, 1.54) is 44.7 Å². The van der Waals surface area contributed by atoms with Crippen LogP contribution >= 0.6 is 11.6 Å². The molecule has 14 heteroatoms. The normalized spacial score (nSPS) is 21.7. The standard InChI is InChI=1S/C34H34ClN5O7S/c1-45-24-7-9-25(10-8-24)48(43,44)40-28-12-6-23(35)19-27(28)34(33(40)42,39-15-3-4-29(39)32-37-14-17-47-32)26-11-5-22(18-30(26)46-2)20-38-16-13-36-31(41)21-38/h5-12,14,17-19,29H,3-4,13,15-16,20-21H2,1-2H3,(H,36,41). The van der Waals surface area contributed by atoms with Crippen LogP contribution in [-0.2, 0) is 31.7 Å². The molecule has 2 fully saturated rings. The van der Waals surface area contributed by atoms with Crippen molar-refractivity contribution in [3.63, 3.8) is 0 Å². The third kappa shape index (κ3) is 5.21. The molecule has 4 heterocycles. The minimum absolute atomic E-state index is 0.0430. The number of nitrogens with one attached hydrogen (secondary N) is 1. The topological polar surface area (TPSA) is 135 Å². The van der Waals surface area contributed by atoms with Crippen molar-refractivity contribution < 1.29 is 31.9 Å². The largest absolute Gasteiger partial charge is 0.497 e. The van der Waals surface area contributed by atoms with Crippen LogP contribution in [0.4, 0.5) is 5.69 Å². The number of aromatic nitrogens is 1. The summed E-state index contributed by atoms with van der Waals surface area (Å²) in [7, 11) is -1.43. The summed E-state index contributed by atoms with van der Waals surface area (Å²) < 4.78 is 46.9. The molecule has 1 aromatic heterocycles. The Bertz CT molecular complexity index is 1970. The Morgan fingerprint density at radius 1 is 1.02 bits per heavy atom. The number of rotatable bonds is 9. The van der Waals surface area contributed by atoms with Gasteiger partial charge in [0.05, 0.1) is 43.6 Å². The number of hydrogen-bond donors (Lipinski definition) is 1. The fourth-order valence-corrected chi connectivity index (χ4v) is 8.80. The smallest absolute Gasteiger partial charge is 0.271 e. The predicted molar refractivity (Wildman–Crippen MR) is 176 cm³/mol. The molecule has 3 aliphatic rings. The maximum absolute atomic E-state index is 15.4. The predicted octanol–water partition coefficient (Wildman–Crippen LogP) is 4.09. The summed E-state index contributed by atoms with van der Waals surface area (Å²) >= 11 is 6.65. The first-order valence-corrected chi connectivity index (χ1v) is 17.4. The Kier molecular flexibility index (Phi) is 8.40. The van der Waals surface area contributed by atoms with Crippen LogP contribution in [0.2, 0.25) is 5.02 Å². The van der Waals surface area contributed by atoms with E-state index in [0.29, 0.717) is 72.6 Å². The van der Waals surface area contributed by atoms with Gasteiger partial charge >= 0.3 is 0 Å². The molecule has 0 radical (unpaired) electrons. The second-order valence-electron chi connectivity index (χ2n) is 11.9. The van der Waals surface area contributed by atoms with Crippen LogP contribution in [0, 0.1) is 0 Å². The first-order valence-electron chi connectivity index (χ1n) is 15.5. The molecule has 3 aliphatic heterocycles. The number of benzene rings is 3. The molecular weight excluding hydrogens is 658 g/mol. The van der Waals surface area contributed by atoms with Gasteiger partial charge in [-0.2, -0.15) is 0 Å². The SMILES string of the molecule is COc1ccc(S(=O)(=O)N2C(=O)C(c3ccc(CN4CCNC(=O)C4)cc3OC)(N3CCCC3c3ncco3)c3cc(Cl)ccc32)cc1. The highest BCUT2D eigenvalue weighted by atomic mass is 35.5. The zero-order valence-electron chi connectivity index (χ0n) is 26.4. The lowest BCUT2D eigenvalue weighted by Crippen LogP contribution is -2.54. The van der Waals surface area contributed by atoms with E-state index in [-0.39, 0.29) is 23.0 Å². The zero-order valence-corrected chi connectivity index (χ0v) is 28.0. The van der Waals surface area contributed by atoms with E-state index < -0.39 is 27.5 Å². The van der Waals surface area contributed by atoms with E-state index in [1.807, 2.05) is 28.0 Å². The van der Waals surface area contributed by atoms with Gasteiger partial charge in [0.1, 0.15) is 17.8 Å². The van der Waals surface area contributed by atoms with Crippen molar-refractivity contribution in [1.29, 1.82) is 0 Å². The van der Waals surface area contributed by atoms with Crippen molar-refractivity contribution in [1.82, 2.24) is 20.1 Å². The van der Waals surface area contributed by atoms with E-state index in [9.17, 15) is 13.2 Å². The average molecular weight is 692 g/mol. The number of ether oxygens (including phenoxy) is 2. The Labute approximate surface area is 283 Å². The summed E-state index contributed by atoms with van der Waals surface area (Å²) in [5, 5.41) is 3.17. The molecule has 2 amide bonds. The van der Waals surface area contributed by atoms with Gasteiger partial charge in [0.15, 0.2) is 5.54 Å². The quantitative estimate of drug-likeness (QED) is 0.274. The maximum atomic E-state index is 15.4. The molecule has 0 aliphatic carbocycles. The van der Waals surface area contributed by atoms with E-state index in [1.54, 1.807) is 24.4 Å². The molecule has 2 saturated heterocycles. The highest BCUT2D eigenvalue weighted by Gasteiger charge is 2.62. The number of oxazole rings is 1. The summed E-state index contributed by atoms with van der Waals surface area (Å²) in [5.41, 5.74) is 0.192. The molecule has 4 aromatic rings. The van der Waals surface area contributed by atoms with Gasteiger partial charge in [-0.3, -0.25) is 19.4 Å². The Hall–Kier alpha value is -4.43. The van der Waals surface area contributed by atoms with Crippen molar-refractivity contribution >= 4 is 39.1 Å². The van der Waals surface area contributed by atoms with Gasteiger partial charge in [-0.1, -0.05) is 23.7 Å². The molecule has 12 nitrogen and oxygen atoms in total. The fourth-order valence-electron chi connectivity index (χ4n) is 7.17. The molecule has 0 bridgehead atoms. The molecular formula is C34H34ClN5O7S. The average Bonchev–Trinajstić information content (AvgIpc) is 3.84. The number of anilines is 1. The number of methoxy groups -OCH3 is 2. The Morgan fingerprint density at radius 3 is 2.54 bits per heavy atom. The minimum atomic E-state index is -4.44. The van der Waals surface area contributed by atoms with Crippen molar-refractivity contribution in [2.45, 2.75) is 35.9 Å². The van der Waals surface area contributed by atoms with Gasteiger partial charge in [-0.05, 0) is 66.9 Å². The molecule has 0 spiro atoms. The van der Waals surface area contributed by atoms with Gasteiger partial charge in [0.25, 0.3) is 15.9 Å². The number of amides is 2. The number of carbonyl (C=O) groups is 2. The third-order valence-electron chi connectivity index (χ3n) is 9.26. The van der Waals surface area contributed by atoms with Crippen LogP contribution in [0.15, 0.2) is 82.4 Å². The van der Waals surface area contributed by atoms with Crippen LogP contribution in [0.5, 0.6) is 11.5 Å². The molecule has 3 aromatic carbocycles. The maximum Gasteiger partial charge on any atom is 0.271 e. The van der Waals surface area contributed by atoms with E-state index in [2.05, 4.69) is 10.3 Å². The van der Waals surface area contributed by atoms with Crippen molar-refractivity contribution in [2.24, 2.45) is 0 Å². The highest BCUT2D eigenvalue weighted by Crippen LogP contribution is 2.56. The summed E-state index contributed by atoms with van der Waals surface area (Å²) in [6.45, 7) is 2.41. The molecule has 48 heavy (non-hydrogen) atoms. The Balaban J connectivity index is 1.44. The zero-order chi connectivity index (χ0) is 33.6. The van der Waals surface area contributed by atoms with Crippen LogP contribution in [0.25, 0.3) is 0 Å². The van der Waals surface area contributed by atoms with E-state index in [0.717, 1.165) is 9.87 Å². The number of hydrogen-bond acceptors (Lipinski definition) is 10. The number of likely N-dealkylation sites (tertiary alicyclic amines) is 1. The molecule has 0 saturated carbocycles. The molecule has 2 atom stereocenters. The first kappa shape index (κ1) is 32.1. The van der Waals surface area contributed by atoms with Gasteiger partial charge in [0.2, 0.25) is 11.8 Å². The summed E-state index contributed by atoms with van der Waals surface area (Å²) in [6, 6.07) is 15.8. The number of piperazine rings is 1. The van der Waals surface area contributed by atoms with Crippen molar-refractivity contribution in [2.75, 3.05) is 44.7 Å². The second kappa shape index (κ2) is 12.5. The highest BCUT2D eigenvalue weighted by molar-refractivity contribution is 7.93. The summed E-state index contributed by atoms with van der Waals surface area (Å²) in [5.74, 6) is 0.532. The van der Waals surface area contributed by atoms with Gasteiger partial charge in [0, 0.05) is 42.3 Å². The van der Waals surface area contributed by atoms with Crippen LogP contribution in [0.1, 0.15) is 41.5 Å². The van der Waals surface area contributed by atoms with Crippen LogP contribution < -0.4 is 19.1 Å². The molecule has 7 rings (SSSR count). The summed E-state index contributed by atoms with van der Waals surface area (Å²) in [6.07, 6.45) is 4.35. The summed E-state index contributed by atoms with van der Waals surface area (Å²) in [4.78, 5) is 35.8. The number of carbonyl (C=O) groups excluding carboxylic acids is 2. The molecule has 1 N–H and O–H groups in total. The Morgan fingerprint density at radius 2 is 1.83 bits per heavy atom. The van der Waals surface area contributed by atoms with Gasteiger partial charge < -0.3 is 19.2 Å². The van der Waals surface area contributed by atoms with Crippen LogP contribution in [-0.4, -0.2) is 75.4 Å². The lowest BCUT2D eigenvalue weighted by atomic mass is 9.80. The number of nitrogens with zero attached hydrogens (tertiary/aromatic N) is 4. The monoisotopic (exact) mass is 691 g/mol. The second-order valence-corrected chi connectivity index (χ2v) is 14.2. The lowest BCUT2D eigenvalue weighted by molar-refractivity contribution is -0.127. The van der Waals surface area contributed by atoms with Gasteiger partial charge in [-0.15, -0.1) is 0 Å². The lowest BCUT2D eigenvalue weighted by Gasteiger charge is -2.41. The number of fused-ring (bicyclic) bond motifs is 1. The van der Waals surface area contributed by atoms with Gasteiger partial charge in [-0.25, -0.2) is 17.7 Å². The minimum Gasteiger partial charge on any atom is -0.497 e. The molecule has 250 valence electrons. The third-order valence-corrected chi connectivity index (χ3v) is 11.2. The van der Waals surface area contributed by atoms with Crippen molar-refractivity contribution in [3.05, 3.63) is 101 Å². The number of halogens is 1. The van der Waals surface area contributed by atoms with E-state index >= 15 is 4.79 Å². The van der Waals surface area contributed by atoms with Crippen LogP contribution in [0.3, 0.4) is 0 Å². The first-order chi connectivity index (χ1) is 23.2. The number of sulfonamides is 1. The fraction of sp³-hybridized carbons (Fsp3) is 0.324.